The molecule has 1 atom stereocenters. The molecule has 4 rings (SSSR count). The SMILES string of the molecule is CN(C)c1cccc(C(=O)N2CCCC2c2ncc3c(n2)CCNC3)c1.Cl. The minimum atomic E-state index is -0.0225. The number of fused-ring (bicyclic) bond motifs is 1. The quantitative estimate of drug-likeness (QED) is 0.877. The standard InChI is InChI=1S/C20H25N5O.ClH/c1-24(2)16-6-3-5-14(11-16)20(26)25-10-4-7-18(25)19-22-13-15-12-21-9-8-17(15)23-19;/h3,5-6,11,13,18,21H,4,7-10,12H2,1-2H3;1H. The Kier molecular flexibility index (Phi) is 5.97. The highest BCUT2D eigenvalue weighted by molar-refractivity contribution is 5.95. The predicted octanol–water partition coefficient (Wildman–Crippen LogP) is 2.59. The summed E-state index contributed by atoms with van der Waals surface area (Å²) in [6.07, 6.45) is 4.77. The summed E-state index contributed by atoms with van der Waals surface area (Å²) in [5, 5.41) is 3.34. The van der Waals surface area contributed by atoms with E-state index < -0.39 is 0 Å². The van der Waals surface area contributed by atoms with Crippen LogP contribution in [0.5, 0.6) is 0 Å². The van der Waals surface area contributed by atoms with Gasteiger partial charge in [-0.3, -0.25) is 4.79 Å². The molecular formula is C20H26ClN5O. The molecular weight excluding hydrogens is 362 g/mol. The number of benzene rings is 1. The molecule has 1 aromatic carbocycles. The topological polar surface area (TPSA) is 61.4 Å². The highest BCUT2D eigenvalue weighted by atomic mass is 35.5. The Morgan fingerprint density at radius 1 is 1.33 bits per heavy atom. The summed E-state index contributed by atoms with van der Waals surface area (Å²) in [7, 11) is 3.97. The van der Waals surface area contributed by atoms with E-state index in [1.165, 1.54) is 5.56 Å². The number of hydrogen-bond donors (Lipinski definition) is 1. The van der Waals surface area contributed by atoms with Gasteiger partial charge in [0.1, 0.15) is 0 Å². The molecule has 1 amide bonds. The smallest absolute Gasteiger partial charge is 0.254 e. The van der Waals surface area contributed by atoms with Gasteiger partial charge in [0.2, 0.25) is 0 Å². The molecule has 6 nitrogen and oxygen atoms in total. The maximum atomic E-state index is 13.1. The lowest BCUT2D eigenvalue weighted by atomic mass is 10.1. The first-order chi connectivity index (χ1) is 12.6. The van der Waals surface area contributed by atoms with E-state index in [0.29, 0.717) is 0 Å². The van der Waals surface area contributed by atoms with E-state index in [0.717, 1.165) is 61.7 Å². The van der Waals surface area contributed by atoms with Crippen LogP contribution in [-0.4, -0.2) is 48.0 Å². The van der Waals surface area contributed by atoms with E-state index in [9.17, 15) is 4.79 Å². The van der Waals surface area contributed by atoms with Crippen molar-refractivity contribution in [2.45, 2.75) is 31.8 Å². The summed E-state index contributed by atoms with van der Waals surface area (Å²) in [4.78, 5) is 26.5. The van der Waals surface area contributed by atoms with Crippen molar-refractivity contribution >= 4 is 24.0 Å². The molecule has 1 aromatic heterocycles. The molecule has 1 saturated heterocycles. The van der Waals surface area contributed by atoms with Crippen LogP contribution in [0, 0.1) is 0 Å². The van der Waals surface area contributed by atoms with Crippen LogP contribution in [0.1, 0.15) is 46.3 Å². The van der Waals surface area contributed by atoms with Crippen LogP contribution in [0.4, 0.5) is 5.69 Å². The third kappa shape index (κ3) is 3.92. The molecule has 0 bridgehead atoms. The number of carbonyl (C=O) groups is 1. The van der Waals surface area contributed by atoms with Gasteiger partial charge in [-0.05, 0) is 31.0 Å². The highest BCUT2D eigenvalue weighted by Gasteiger charge is 2.33. The van der Waals surface area contributed by atoms with Gasteiger partial charge in [-0.25, -0.2) is 9.97 Å². The van der Waals surface area contributed by atoms with Crippen LogP contribution in [-0.2, 0) is 13.0 Å². The number of halogens is 1. The van der Waals surface area contributed by atoms with Gasteiger partial charge in [0.05, 0.1) is 6.04 Å². The molecule has 0 aliphatic carbocycles. The van der Waals surface area contributed by atoms with Gasteiger partial charge >= 0.3 is 0 Å². The summed E-state index contributed by atoms with van der Waals surface area (Å²) in [5.74, 6) is 0.861. The number of likely N-dealkylation sites (tertiary alicyclic amines) is 1. The van der Waals surface area contributed by atoms with Gasteiger partial charge in [-0.15, -0.1) is 12.4 Å². The van der Waals surface area contributed by atoms with Crippen molar-refractivity contribution < 1.29 is 4.79 Å². The Morgan fingerprint density at radius 2 is 2.19 bits per heavy atom. The number of amides is 1. The minimum Gasteiger partial charge on any atom is -0.378 e. The largest absolute Gasteiger partial charge is 0.378 e. The number of aromatic nitrogens is 2. The molecule has 2 aromatic rings. The first-order valence-corrected chi connectivity index (χ1v) is 9.27. The monoisotopic (exact) mass is 387 g/mol. The predicted molar refractivity (Wildman–Crippen MR) is 108 cm³/mol. The number of carbonyl (C=O) groups excluding carboxylic acids is 1. The third-order valence-corrected chi connectivity index (χ3v) is 5.25. The molecule has 3 heterocycles. The lowest BCUT2D eigenvalue weighted by Crippen LogP contribution is -2.32. The molecule has 27 heavy (non-hydrogen) atoms. The molecule has 0 radical (unpaired) electrons. The average molecular weight is 388 g/mol. The maximum absolute atomic E-state index is 13.1. The number of nitrogens with one attached hydrogen (secondary N) is 1. The summed E-state index contributed by atoms with van der Waals surface area (Å²) in [6, 6.07) is 7.78. The zero-order chi connectivity index (χ0) is 18.1. The second-order valence-corrected chi connectivity index (χ2v) is 7.23. The molecule has 0 spiro atoms. The van der Waals surface area contributed by atoms with Crippen LogP contribution in [0.2, 0.25) is 0 Å². The fraction of sp³-hybridized carbons (Fsp3) is 0.450. The van der Waals surface area contributed by atoms with Crippen LogP contribution >= 0.6 is 12.4 Å². The summed E-state index contributed by atoms with van der Waals surface area (Å²) >= 11 is 0. The van der Waals surface area contributed by atoms with Gasteiger partial charge in [0.25, 0.3) is 5.91 Å². The molecule has 2 aliphatic heterocycles. The Bertz CT molecular complexity index is 826. The van der Waals surface area contributed by atoms with Crippen molar-refractivity contribution in [1.82, 2.24) is 20.2 Å². The van der Waals surface area contributed by atoms with E-state index in [2.05, 4.69) is 10.3 Å². The average Bonchev–Trinajstić information content (AvgIpc) is 3.17. The number of nitrogens with zero attached hydrogens (tertiary/aromatic N) is 4. The van der Waals surface area contributed by atoms with Crippen molar-refractivity contribution in [2.24, 2.45) is 0 Å². The normalized spacial score (nSPS) is 18.6. The van der Waals surface area contributed by atoms with Gasteiger partial charge in [0, 0.05) is 68.9 Å². The third-order valence-electron chi connectivity index (χ3n) is 5.25. The lowest BCUT2D eigenvalue weighted by molar-refractivity contribution is 0.0729. The van der Waals surface area contributed by atoms with Gasteiger partial charge in [-0.1, -0.05) is 6.07 Å². The summed E-state index contributed by atoms with van der Waals surface area (Å²) in [5.41, 5.74) is 4.06. The van der Waals surface area contributed by atoms with Gasteiger partial charge < -0.3 is 15.1 Å². The Hall–Kier alpha value is -2.18. The second kappa shape index (κ2) is 8.23. The molecule has 144 valence electrons. The first-order valence-electron chi connectivity index (χ1n) is 9.27. The van der Waals surface area contributed by atoms with E-state index in [-0.39, 0.29) is 24.4 Å². The molecule has 0 saturated carbocycles. The Labute approximate surface area is 166 Å². The van der Waals surface area contributed by atoms with Gasteiger partial charge in [-0.2, -0.15) is 0 Å². The summed E-state index contributed by atoms with van der Waals surface area (Å²) < 4.78 is 0. The number of anilines is 1. The fourth-order valence-electron chi connectivity index (χ4n) is 3.77. The fourth-order valence-corrected chi connectivity index (χ4v) is 3.77. The van der Waals surface area contributed by atoms with E-state index >= 15 is 0 Å². The molecule has 1 N–H and O–H groups in total. The van der Waals surface area contributed by atoms with Crippen molar-refractivity contribution in [1.29, 1.82) is 0 Å². The maximum Gasteiger partial charge on any atom is 0.254 e. The van der Waals surface area contributed by atoms with Crippen molar-refractivity contribution in [3.63, 3.8) is 0 Å². The molecule has 1 fully saturated rings. The van der Waals surface area contributed by atoms with E-state index in [4.69, 9.17) is 4.98 Å². The second-order valence-electron chi connectivity index (χ2n) is 7.23. The first kappa shape index (κ1) is 19.6. The van der Waals surface area contributed by atoms with Crippen LogP contribution in [0.3, 0.4) is 0 Å². The lowest BCUT2D eigenvalue weighted by Gasteiger charge is -2.25. The summed E-state index contributed by atoms with van der Waals surface area (Å²) in [6.45, 7) is 2.55. The minimum absolute atomic E-state index is 0. The highest BCUT2D eigenvalue weighted by Crippen LogP contribution is 2.32. The number of rotatable bonds is 3. The van der Waals surface area contributed by atoms with Crippen molar-refractivity contribution in [2.75, 3.05) is 32.1 Å². The molecule has 2 aliphatic rings. The number of hydrogen-bond acceptors (Lipinski definition) is 5. The van der Waals surface area contributed by atoms with Crippen LogP contribution in [0.15, 0.2) is 30.5 Å². The van der Waals surface area contributed by atoms with Gasteiger partial charge in [0.15, 0.2) is 5.82 Å². The Balaban J connectivity index is 0.00000210. The molecule has 1 unspecified atom stereocenters. The van der Waals surface area contributed by atoms with Crippen LogP contribution in [0.25, 0.3) is 0 Å². The molecule has 7 heteroatoms. The zero-order valence-electron chi connectivity index (χ0n) is 15.8. The zero-order valence-corrected chi connectivity index (χ0v) is 16.6. The van der Waals surface area contributed by atoms with Crippen LogP contribution < -0.4 is 10.2 Å². The van der Waals surface area contributed by atoms with E-state index in [1.807, 2.05) is 54.4 Å². The van der Waals surface area contributed by atoms with Crippen molar-refractivity contribution in [3.8, 4) is 0 Å². The van der Waals surface area contributed by atoms with E-state index in [1.54, 1.807) is 0 Å². The van der Waals surface area contributed by atoms with Crippen molar-refractivity contribution in [3.05, 3.63) is 53.1 Å². The Morgan fingerprint density at radius 3 is 3.00 bits per heavy atom.